The lowest BCUT2D eigenvalue weighted by Gasteiger charge is -2.30. The van der Waals surface area contributed by atoms with Gasteiger partial charge in [-0.15, -0.1) is 0 Å². The minimum atomic E-state index is -0.982. The summed E-state index contributed by atoms with van der Waals surface area (Å²) in [7, 11) is 0. The van der Waals surface area contributed by atoms with Crippen molar-refractivity contribution in [3.8, 4) is 5.82 Å². The molecule has 4 aromatic rings. The average Bonchev–Trinajstić information content (AvgIpc) is 3.31. The lowest BCUT2D eigenvalue weighted by Crippen LogP contribution is -2.39. The van der Waals surface area contributed by atoms with Gasteiger partial charge in [0, 0.05) is 18.5 Å². The summed E-state index contributed by atoms with van der Waals surface area (Å²) in [5.41, 5.74) is 1.76. The van der Waals surface area contributed by atoms with Crippen LogP contribution < -0.4 is 4.90 Å². The first kappa shape index (κ1) is 17.6. The Morgan fingerprint density at radius 1 is 1.24 bits per heavy atom. The predicted octanol–water partition coefficient (Wildman–Crippen LogP) is 1.21. The Hall–Kier alpha value is -3.53. The molecule has 1 fully saturated rings. The lowest BCUT2D eigenvalue weighted by atomic mass is 10.1. The molecule has 5 rings (SSSR count). The number of β-amino-alcohol motifs (C(OH)–C–C–N with tert-alkyl or cyclic N) is 1. The van der Waals surface area contributed by atoms with E-state index >= 15 is 0 Å². The van der Waals surface area contributed by atoms with Crippen LogP contribution in [0.25, 0.3) is 27.9 Å². The Balaban J connectivity index is 1.73. The van der Waals surface area contributed by atoms with Crippen LogP contribution >= 0.6 is 0 Å². The molecule has 1 saturated heterocycles. The van der Waals surface area contributed by atoms with E-state index < -0.39 is 12.1 Å². The Morgan fingerprint density at radius 3 is 2.93 bits per heavy atom. The molecule has 0 spiro atoms. The van der Waals surface area contributed by atoms with Crippen LogP contribution in [0.4, 0.5) is 5.95 Å². The highest BCUT2D eigenvalue weighted by Gasteiger charge is 2.24. The fourth-order valence-electron chi connectivity index (χ4n) is 3.75. The largest absolute Gasteiger partial charge is 0.480 e. The summed E-state index contributed by atoms with van der Waals surface area (Å²) in [5.74, 6) is -0.0719. The van der Waals surface area contributed by atoms with E-state index in [4.69, 9.17) is 4.98 Å². The number of aliphatic hydroxyl groups excluding tert-OH is 1. The molecule has 1 aromatic carbocycles. The van der Waals surface area contributed by atoms with E-state index in [0.717, 1.165) is 30.3 Å². The molecule has 0 saturated carbocycles. The number of carbonyl (C=O) groups is 1. The quantitative estimate of drug-likeness (QED) is 0.531. The van der Waals surface area contributed by atoms with Crippen LogP contribution in [0.5, 0.6) is 0 Å². The van der Waals surface area contributed by atoms with Gasteiger partial charge in [-0.2, -0.15) is 15.1 Å². The Morgan fingerprint density at radius 2 is 2.10 bits per heavy atom. The third kappa shape index (κ3) is 3.07. The number of para-hydroxylation sites is 1. The molecule has 148 valence electrons. The van der Waals surface area contributed by atoms with Crippen LogP contribution in [-0.4, -0.2) is 64.7 Å². The summed E-state index contributed by atoms with van der Waals surface area (Å²) in [4.78, 5) is 26.9. The maximum absolute atomic E-state index is 11.3. The molecular weight excluding hydrogens is 374 g/mol. The van der Waals surface area contributed by atoms with E-state index in [1.165, 1.54) is 10.9 Å². The number of nitrogens with zero attached hydrogens (tertiary/aromatic N) is 7. The van der Waals surface area contributed by atoms with Crippen molar-refractivity contribution in [2.45, 2.75) is 25.5 Å². The molecule has 2 N–H and O–H groups in total. The number of anilines is 1. The number of piperidine rings is 1. The monoisotopic (exact) mass is 393 g/mol. The van der Waals surface area contributed by atoms with Gasteiger partial charge in [-0.05, 0) is 18.9 Å². The van der Waals surface area contributed by atoms with Gasteiger partial charge in [0.2, 0.25) is 5.95 Å². The first-order chi connectivity index (χ1) is 14.1. The molecule has 1 atom stereocenters. The summed E-state index contributed by atoms with van der Waals surface area (Å²) in [6.45, 7) is 0.891. The summed E-state index contributed by atoms with van der Waals surface area (Å²) in [6.07, 6.45) is 4.34. The number of aliphatic hydroxyl groups is 1. The number of benzene rings is 1. The molecule has 0 amide bonds. The molecule has 0 radical (unpaired) electrons. The van der Waals surface area contributed by atoms with Crippen molar-refractivity contribution in [1.82, 2.24) is 29.3 Å². The van der Waals surface area contributed by atoms with E-state index in [2.05, 4.69) is 15.1 Å². The maximum Gasteiger partial charge on any atom is 0.323 e. The summed E-state index contributed by atoms with van der Waals surface area (Å²) in [5, 5.41) is 24.7. The first-order valence-corrected chi connectivity index (χ1v) is 9.41. The number of hydrogen-bond donors (Lipinski definition) is 2. The zero-order valence-corrected chi connectivity index (χ0v) is 15.5. The second kappa shape index (κ2) is 6.82. The number of aromatic nitrogens is 6. The number of imidazole rings is 1. The van der Waals surface area contributed by atoms with Crippen molar-refractivity contribution < 1.29 is 15.0 Å². The van der Waals surface area contributed by atoms with Crippen LogP contribution in [-0.2, 0) is 11.3 Å². The standard InChI is InChI=1S/C19H19N7O3/c27-13-5-3-7-24(9-13)19-22-17-16(20-11-25(17)10-15(28)29)18(23-19)26-14-6-2-1-4-12(14)8-21-26/h1-2,4,6,8,11,13,27H,3,5,7,9-10H2,(H,28,29)/t13-/m0/s1. The van der Waals surface area contributed by atoms with Gasteiger partial charge in [0.15, 0.2) is 17.0 Å². The average molecular weight is 393 g/mol. The second-order valence-electron chi connectivity index (χ2n) is 7.14. The highest BCUT2D eigenvalue weighted by Crippen LogP contribution is 2.26. The Kier molecular flexibility index (Phi) is 4.13. The van der Waals surface area contributed by atoms with E-state index in [-0.39, 0.29) is 6.54 Å². The topological polar surface area (TPSA) is 122 Å². The fraction of sp³-hybridized carbons (Fsp3) is 0.316. The van der Waals surface area contributed by atoms with Crippen LogP contribution in [0.2, 0.25) is 0 Å². The molecule has 1 aliphatic rings. The highest BCUT2D eigenvalue weighted by molar-refractivity contribution is 5.86. The molecule has 0 unspecified atom stereocenters. The van der Waals surface area contributed by atoms with E-state index in [1.54, 1.807) is 10.9 Å². The van der Waals surface area contributed by atoms with E-state index in [0.29, 0.717) is 29.5 Å². The molecule has 10 heteroatoms. The smallest absolute Gasteiger partial charge is 0.323 e. The van der Waals surface area contributed by atoms with Crippen molar-refractivity contribution >= 4 is 34.0 Å². The molecule has 3 aromatic heterocycles. The number of carboxylic acids is 1. The van der Waals surface area contributed by atoms with Gasteiger partial charge < -0.3 is 19.7 Å². The minimum Gasteiger partial charge on any atom is -0.480 e. The first-order valence-electron chi connectivity index (χ1n) is 9.41. The van der Waals surface area contributed by atoms with Crippen LogP contribution in [0.1, 0.15) is 12.8 Å². The second-order valence-corrected chi connectivity index (χ2v) is 7.14. The van der Waals surface area contributed by atoms with Crippen molar-refractivity contribution in [1.29, 1.82) is 0 Å². The molecule has 0 bridgehead atoms. The van der Waals surface area contributed by atoms with Crippen molar-refractivity contribution in [3.63, 3.8) is 0 Å². The van der Waals surface area contributed by atoms with Crippen molar-refractivity contribution in [2.24, 2.45) is 0 Å². The van der Waals surface area contributed by atoms with Crippen molar-refractivity contribution in [2.75, 3.05) is 18.0 Å². The predicted molar refractivity (Wildman–Crippen MR) is 105 cm³/mol. The fourth-order valence-corrected chi connectivity index (χ4v) is 3.75. The SMILES string of the molecule is O=C(O)Cn1cnc2c(-n3ncc4ccccc43)nc(N3CCC[C@H](O)C3)nc21. The van der Waals surface area contributed by atoms with Gasteiger partial charge in [0.05, 0.1) is 24.1 Å². The normalized spacial score (nSPS) is 17.3. The number of fused-ring (bicyclic) bond motifs is 2. The van der Waals surface area contributed by atoms with Gasteiger partial charge in [0.1, 0.15) is 6.54 Å². The lowest BCUT2D eigenvalue weighted by molar-refractivity contribution is -0.137. The Labute approximate surface area is 165 Å². The number of rotatable bonds is 4. The van der Waals surface area contributed by atoms with E-state index in [1.807, 2.05) is 29.2 Å². The number of carboxylic acid groups (broad SMARTS) is 1. The van der Waals surface area contributed by atoms with Crippen LogP contribution in [0, 0.1) is 0 Å². The van der Waals surface area contributed by atoms with Gasteiger partial charge in [-0.1, -0.05) is 18.2 Å². The van der Waals surface area contributed by atoms with Gasteiger partial charge >= 0.3 is 5.97 Å². The minimum absolute atomic E-state index is 0.255. The zero-order valence-electron chi connectivity index (χ0n) is 15.5. The van der Waals surface area contributed by atoms with Crippen LogP contribution in [0.3, 0.4) is 0 Å². The number of aliphatic carboxylic acids is 1. The van der Waals surface area contributed by atoms with Gasteiger partial charge in [0.25, 0.3) is 0 Å². The van der Waals surface area contributed by atoms with Gasteiger partial charge in [-0.25, -0.2) is 9.67 Å². The van der Waals surface area contributed by atoms with Crippen molar-refractivity contribution in [3.05, 3.63) is 36.8 Å². The third-order valence-corrected chi connectivity index (χ3v) is 5.10. The molecule has 1 aliphatic heterocycles. The maximum atomic E-state index is 11.3. The third-order valence-electron chi connectivity index (χ3n) is 5.10. The summed E-state index contributed by atoms with van der Waals surface area (Å²) < 4.78 is 3.18. The Bertz CT molecular complexity index is 1220. The molecule has 0 aliphatic carbocycles. The number of hydrogen-bond acceptors (Lipinski definition) is 7. The molecular formula is C19H19N7O3. The van der Waals surface area contributed by atoms with Crippen LogP contribution in [0.15, 0.2) is 36.8 Å². The summed E-state index contributed by atoms with van der Waals surface area (Å²) >= 11 is 0. The molecule has 10 nitrogen and oxygen atoms in total. The highest BCUT2D eigenvalue weighted by atomic mass is 16.4. The molecule has 29 heavy (non-hydrogen) atoms. The van der Waals surface area contributed by atoms with E-state index in [9.17, 15) is 15.0 Å². The molecule has 4 heterocycles. The van der Waals surface area contributed by atoms with Gasteiger partial charge in [-0.3, -0.25) is 4.79 Å². The summed E-state index contributed by atoms with van der Waals surface area (Å²) in [6, 6.07) is 7.76. The zero-order chi connectivity index (χ0) is 20.0.